The largest absolute Gasteiger partial charge is 0.305 e. The molecule has 2 aromatic carbocycles. The molecule has 0 spiro atoms. The van der Waals surface area contributed by atoms with Gasteiger partial charge in [0, 0.05) is 24.5 Å². The normalized spacial score (nSPS) is 12.3. The van der Waals surface area contributed by atoms with E-state index in [9.17, 15) is 23.3 Å². The number of nitrogens with zero attached hydrogens (tertiary/aromatic N) is 3. The van der Waals surface area contributed by atoms with E-state index in [1.165, 1.54) is 42.5 Å². The minimum atomic E-state index is -3.38. The van der Waals surface area contributed by atoms with Crippen molar-refractivity contribution in [3.05, 3.63) is 69.0 Å². The minimum absolute atomic E-state index is 0.0837. The Balaban J connectivity index is 2.01. The van der Waals surface area contributed by atoms with Gasteiger partial charge in [0.05, 0.1) is 26.6 Å². The molecule has 0 fully saturated rings. The Hall–Kier alpha value is -3.55. The number of hydrogen-bond acceptors (Lipinski definition) is 6. The summed E-state index contributed by atoms with van der Waals surface area (Å²) in [6.45, 7) is 0.152. The van der Waals surface area contributed by atoms with E-state index in [0.29, 0.717) is 20.6 Å². The molecular formula is C20H15N3O5S2. The van der Waals surface area contributed by atoms with Crippen LogP contribution < -0.4 is 4.80 Å². The zero-order chi connectivity index (χ0) is 21.9. The molecule has 3 aromatic rings. The minimum Gasteiger partial charge on any atom is -0.305 e. The highest BCUT2D eigenvalue weighted by Crippen LogP contribution is 2.22. The van der Waals surface area contributed by atoms with Crippen LogP contribution in [0.5, 0.6) is 0 Å². The molecule has 30 heavy (non-hydrogen) atoms. The van der Waals surface area contributed by atoms with Crippen molar-refractivity contribution in [3.8, 4) is 12.3 Å². The molecule has 0 saturated heterocycles. The van der Waals surface area contributed by atoms with Gasteiger partial charge in [-0.3, -0.25) is 14.9 Å². The summed E-state index contributed by atoms with van der Waals surface area (Å²) in [5.41, 5.74) is 1.07. The molecule has 8 nitrogen and oxygen atoms in total. The first-order valence-electron chi connectivity index (χ1n) is 8.47. The third-order valence-electron chi connectivity index (χ3n) is 4.04. The topological polar surface area (TPSA) is 112 Å². The second kappa shape index (κ2) is 8.44. The first-order valence-corrected chi connectivity index (χ1v) is 11.2. The van der Waals surface area contributed by atoms with Gasteiger partial charge in [0.25, 0.3) is 11.6 Å². The van der Waals surface area contributed by atoms with Gasteiger partial charge in [-0.25, -0.2) is 8.42 Å². The van der Waals surface area contributed by atoms with Crippen LogP contribution in [0.25, 0.3) is 16.3 Å². The molecule has 0 radical (unpaired) electrons. The number of carbonyl (C=O) groups excluding carboxylic acids is 1. The molecule has 0 bridgehead atoms. The predicted octanol–water partition coefficient (Wildman–Crippen LogP) is 2.79. The van der Waals surface area contributed by atoms with Crippen LogP contribution in [0.2, 0.25) is 0 Å². The number of sulfone groups is 1. The second-order valence-electron chi connectivity index (χ2n) is 6.21. The molecular weight excluding hydrogens is 426 g/mol. The third kappa shape index (κ3) is 4.71. The fraction of sp³-hybridized carbons (Fsp3) is 0.100. The number of nitro groups is 1. The average molecular weight is 441 g/mol. The lowest BCUT2D eigenvalue weighted by Gasteiger charge is -2.01. The van der Waals surface area contributed by atoms with E-state index >= 15 is 0 Å². The molecule has 0 aliphatic rings. The molecule has 1 amide bonds. The van der Waals surface area contributed by atoms with Crippen LogP contribution in [0.4, 0.5) is 5.69 Å². The van der Waals surface area contributed by atoms with E-state index in [-0.39, 0.29) is 17.1 Å². The van der Waals surface area contributed by atoms with Crippen LogP contribution in [0.3, 0.4) is 0 Å². The maximum Gasteiger partial charge on any atom is 0.272 e. The Morgan fingerprint density at radius 3 is 2.77 bits per heavy atom. The van der Waals surface area contributed by atoms with Crippen molar-refractivity contribution in [1.29, 1.82) is 0 Å². The van der Waals surface area contributed by atoms with Crippen molar-refractivity contribution < 1.29 is 18.1 Å². The van der Waals surface area contributed by atoms with Gasteiger partial charge in [-0.05, 0) is 29.8 Å². The smallest absolute Gasteiger partial charge is 0.272 e. The predicted molar refractivity (Wildman–Crippen MR) is 114 cm³/mol. The summed E-state index contributed by atoms with van der Waals surface area (Å²) < 4.78 is 25.9. The van der Waals surface area contributed by atoms with E-state index in [1.54, 1.807) is 16.7 Å². The van der Waals surface area contributed by atoms with Crippen molar-refractivity contribution in [2.75, 3.05) is 6.26 Å². The number of non-ortho nitro benzene ring substituents is 1. The van der Waals surface area contributed by atoms with Gasteiger partial charge >= 0.3 is 0 Å². The van der Waals surface area contributed by atoms with Gasteiger partial charge < -0.3 is 4.57 Å². The number of rotatable bonds is 5. The van der Waals surface area contributed by atoms with Crippen LogP contribution in [0, 0.1) is 22.5 Å². The monoisotopic (exact) mass is 441 g/mol. The number of fused-ring (bicyclic) bond motifs is 1. The lowest BCUT2D eigenvalue weighted by molar-refractivity contribution is -0.384. The van der Waals surface area contributed by atoms with Gasteiger partial charge in [0.15, 0.2) is 14.6 Å². The zero-order valence-electron chi connectivity index (χ0n) is 15.7. The molecule has 0 saturated carbocycles. The van der Waals surface area contributed by atoms with Crippen molar-refractivity contribution in [2.45, 2.75) is 11.4 Å². The summed E-state index contributed by atoms with van der Waals surface area (Å²) in [5.74, 6) is 1.91. The number of nitro benzene ring substituents is 1. The summed E-state index contributed by atoms with van der Waals surface area (Å²) in [4.78, 5) is 27.2. The fourth-order valence-electron chi connectivity index (χ4n) is 2.65. The maximum atomic E-state index is 12.3. The first kappa shape index (κ1) is 21.2. The summed E-state index contributed by atoms with van der Waals surface area (Å²) in [6.07, 6.45) is 9.17. The van der Waals surface area contributed by atoms with Crippen molar-refractivity contribution in [1.82, 2.24) is 4.57 Å². The Morgan fingerprint density at radius 1 is 1.33 bits per heavy atom. The highest BCUT2D eigenvalue weighted by molar-refractivity contribution is 7.90. The number of aromatic nitrogens is 1. The molecule has 10 heteroatoms. The molecule has 0 aliphatic heterocycles. The number of thiazole rings is 1. The molecule has 0 unspecified atom stereocenters. The first-order chi connectivity index (χ1) is 14.2. The number of amides is 1. The second-order valence-corrected chi connectivity index (χ2v) is 9.24. The number of hydrogen-bond donors (Lipinski definition) is 0. The van der Waals surface area contributed by atoms with Gasteiger partial charge in [-0.2, -0.15) is 4.99 Å². The van der Waals surface area contributed by atoms with Gasteiger partial charge in [-0.1, -0.05) is 29.4 Å². The molecule has 0 atom stereocenters. The highest BCUT2D eigenvalue weighted by atomic mass is 32.2. The lowest BCUT2D eigenvalue weighted by atomic mass is 10.2. The average Bonchev–Trinajstić information content (AvgIpc) is 3.02. The number of carbonyl (C=O) groups is 1. The number of benzene rings is 2. The van der Waals surface area contributed by atoms with Gasteiger partial charge in [0.2, 0.25) is 0 Å². The lowest BCUT2D eigenvalue weighted by Crippen LogP contribution is -2.15. The summed E-state index contributed by atoms with van der Waals surface area (Å²) in [7, 11) is -3.38. The molecule has 1 aromatic heterocycles. The van der Waals surface area contributed by atoms with Gasteiger partial charge in [0.1, 0.15) is 0 Å². The van der Waals surface area contributed by atoms with Crippen LogP contribution in [-0.2, 0) is 21.2 Å². The molecule has 0 aliphatic carbocycles. The highest BCUT2D eigenvalue weighted by Gasteiger charge is 2.12. The Morgan fingerprint density at radius 2 is 2.10 bits per heavy atom. The Labute approximate surface area is 175 Å². The summed E-state index contributed by atoms with van der Waals surface area (Å²) >= 11 is 1.14. The zero-order valence-corrected chi connectivity index (χ0v) is 17.3. The van der Waals surface area contributed by atoms with Gasteiger partial charge in [-0.15, -0.1) is 6.42 Å². The van der Waals surface area contributed by atoms with Crippen molar-refractivity contribution in [2.24, 2.45) is 4.99 Å². The van der Waals surface area contributed by atoms with Crippen LogP contribution in [0.15, 0.2) is 58.4 Å². The van der Waals surface area contributed by atoms with E-state index in [1.807, 2.05) is 0 Å². The number of terminal acetylenes is 1. The van der Waals surface area contributed by atoms with E-state index < -0.39 is 20.7 Å². The molecule has 1 heterocycles. The quantitative estimate of drug-likeness (QED) is 0.262. The van der Waals surface area contributed by atoms with E-state index in [0.717, 1.165) is 17.6 Å². The van der Waals surface area contributed by atoms with Crippen molar-refractivity contribution >= 4 is 49.1 Å². The van der Waals surface area contributed by atoms with E-state index in [2.05, 4.69) is 10.9 Å². The summed E-state index contributed by atoms with van der Waals surface area (Å²) in [6, 6.07) is 10.5. The Kier molecular flexibility index (Phi) is 5.96. The Bertz CT molecular complexity index is 1410. The molecule has 3 rings (SSSR count). The van der Waals surface area contributed by atoms with Crippen molar-refractivity contribution in [3.63, 3.8) is 0 Å². The molecule has 0 N–H and O–H groups in total. The third-order valence-corrected chi connectivity index (χ3v) is 6.19. The fourth-order valence-corrected chi connectivity index (χ4v) is 4.45. The SMILES string of the molecule is C#CCn1c(=NC(=O)/C=C/c2cccc([N+](=O)[O-])c2)sc2cc(S(C)(=O)=O)ccc21. The maximum absolute atomic E-state index is 12.3. The standard InChI is InChI=1S/C20H15N3O5S2/c1-3-11-22-17-9-8-16(30(2,27)28)13-18(17)29-20(22)21-19(24)10-7-14-5-4-6-15(12-14)23(25)26/h1,4-10,12-13H,11H2,2H3/b10-7+,21-20?. The van der Waals surface area contributed by atoms with Crippen LogP contribution in [0.1, 0.15) is 5.56 Å². The van der Waals surface area contributed by atoms with Crippen LogP contribution >= 0.6 is 11.3 Å². The summed E-state index contributed by atoms with van der Waals surface area (Å²) in [5, 5.41) is 10.8. The van der Waals surface area contributed by atoms with Crippen LogP contribution in [-0.4, -0.2) is 30.1 Å². The molecule has 152 valence electrons. The van der Waals surface area contributed by atoms with E-state index in [4.69, 9.17) is 6.42 Å².